The van der Waals surface area contributed by atoms with Gasteiger partial charge in [-0.2, -0.15) is 0 Å². The van der Waals surface area contributed by atoms with E-state index in [9.17, 15) is 18.8 Å². The standard InChI is InChI=1S/C18H24FN3O4/c1-2-26-18(25)22-11-8-14(9-12-22)21-17(24)16(23)20-10-7-13-5-3-4-6-15(13)19/h3-6,14H,2,7-12H2,1H3,(H,20,23)(H,21,24). The molecule has 0 radical (unpaired) electrons. The number of carbonyl (C=O) groups is 3. The van der Waals surface area contributed by atoms with Gasteiger partial charge in [0, 0.05) is 25.7 Å². The van der Waals surface area contributed by atoms with Gasteiger partial charge in [0.2, 0.25) is 0 Å². The topological polar surface area (TPSA) is 87.7 Å². The monoisotopic (exact) mass is 365 g/mol. The van der Waals surface area contributed by atoms with Crippen LogP contribution in [0.25, 0.3) is 0 Å². The van der Waals surface area contributed by atoms with Crippen LogP contribution >= 0.6 is 0 Å². The van der Waals surface area contributed by atoms with Gasteiger partial charge in [-0.05, 0) is 37.8 Å². The lowest BCUT2D eigenvalue weighted by atomic mass is 10.1. The average Bonchev–Trinajstić information content (AvgIpc) is 2.64. The Balaban J connectivity index is 1.68. The van der Waals surface area contributed by atoms with Crippen molar-refractivity contribution in [2.75, 3.05) is 26.2 Å². The number of hydrogen-bond donors (Lipinski definition) is 2. The maximum absolute atomic E-state index is 13.5. The summed E-state index contributed by atoms with van der Waals surface area (Å²) in [5, 5.41) is 5.16. The maximum Gasteiger partial charge on any atom is 0.409 e. The van der Waals surface area contributed by atoms with Gasteiger partial charge in [0.25, 0.3) is 0 Å². The molecule has 0 aliphatic carbocycles. The number of ether oxygens (including phenoxy) is 1. The fraction of sp³-hybridized carbons (Fsp3) is 0.500. The lowest BCUT2D eigenvalue weighted by Crippen LogP contribution is -2.50. The van der Waals surface area contributed by atoms with Crippen molar-refractivity contribution in [2.45, 2.75) is 32.2 Å². The quantitative estimate of drug-likeness (QED) is 0.768. The summed E-state index contributed by atoms with van der Waals surface area (Å²) in [4.78, 5) is 37.0. The van der Waals surface area contributed by atoms with Crippen LogP contribution in [0.3, 0.4) is 0 Å². The van der Waals surface area contributed by atoms with Crippen LogP contribution in [0.15, 0.2) is 24.3 Å². The maximum atomic E-state index is 13.5. The summed E-state index contributed by atoms with van der Waals surface area (Å²) in [7, 11) is 0. The van der Waals surface area contributed by atoms with Crippen molar-refractivity contribution in [3.8, 4) is 0 Å². The number of benzene rings is 1. The summed E-state index contributed by atoms with van der Waals surface area (Å²) in [5.74, 6) is -1.79. The summed E-state index contributed by atoms with van der Waals surface area (Å²) in [6.45, 7) is 3.18. The molecule has 1 aromatic rings. The van der Waals surface area contributed by atoms with E-state index in [1.54, 1.807) is 30.0 Å². The van der Waals surface area contributed by atoms with Crippen molar-refractivity contribution in [3.63, 3.8) is 0 Å². The molecule has 2 rings (SSSR count). The van der Waals surface area contributed by atoms with E-state index in [-0.39, 0.29) is 24.5 Å². The molecule has 142 valence electrons. The van der Waals surface area contributed by atoms with E-state index in [0.29, 0.717) is 44.5 Å². The van der Waals surface area contributed by atoms with Crippen LogP contribution < -0.4 is 10.6 Å². The highest BCUT2D eigenvalue weighted by molar-refractivity contribution is 6.35. The number of carbonyl (C=O) groups excluding carboxylic acids is 3. The fourth-order valence-corrected chi connectivity index (χ4v) is 2.76. The van der Waals surface area contributed by atoms with E-state index in [1.165, 1.54) is 6.07 Å². The number of rotatable bonds is 5. The Morgan fingerprint density at radius 3 is 2.54 bits per heavy atom. The molecule has 8 heteroatoms. The van der Waals surface area contributed by atoms with Crippen molar-refractivity contribution >= 4 is 17.9 Å². The molecule has 0 saturated carbocycles. The first-order valence-corrected chi connectivity index (χ1v) is 8.75. The number of halogens is 1. The summed E-state index contributed by atoms with van der Waals surface area (Å²) < 4.78 is 18.4. The third kappa shape index (κ3) is 5.72. The van der Waals surface area contributed by atoms with Crippen LogP contribution in [-0.2, 0) is 20.7 Å². The van der Waals surface area contributed by atoms with Crippen LogP contribution in [0.5, 0.6) is 0 Å². The van der Waals surface area contributed by atoms with Crippen LogP contribution in [0.2, 0.25) is 0 Å². The highest BCUT2D eigenvalue weighted by atomic mass is 19.1. The average molecular weight is 365 g/mol. The molecule has 7 nitrogen and oxygen atoms in total. The normalized spacial score (nSPS) is 14.6. The second kappa shape index (κ2) is 9.74. The van der Waals surface area contributed by atoms with E-state index < -0.39 is 11.8 Å². The van der Waals surface area contributed by atoms with Crippen molar-refractivity contribution in [1.82, 2.24) is 15.5 Å². The predicted molar refractivity (Wildman–Crippen MR) is 92.9 cm³/mol. The number of hydrogen-bond acceptors (Lipinski definition) is 4. The Morgan fingerprint density at radius 1 is 1.19 bits per heavy atom. The summed E-state index contributed by atoms with van der Waals surface area (Å²) in [6.07, 6.45) is 1.08. The van der Waals surface area contributed by atoms with Gasteiger partial charge in [-0.3, -0.25) is 9.59 Å². The van der Waals surface area contributed by atoms with E-state index in [4.69, 9.17) is 4.74 Å². The first-order chi connectivity index (χ1) is 12.5. The zero-order valence-electron chi connectivity index (χ0n) is 14.8. The summed E-state index contributed by atoms with van der Waals surface area (Å²) in [6, 6.07) is 6.14. The molecule has 1 aromatic carbocycles. The molecule has 1 fully saturated rings. The van der Waals surface area contributed by atoms with E-state index >= 15 is 0 Å². The van der Waals surface area contributed by atoms with E-state index in [0.717, 1.165) is 0 Å². The minimum atomic E-state index is -0.742. The number of nitrogens with zero attached hydrogens (tertiary/aromatic N) is 1. The summed E-state index contributed by atoms with van der Waals surface area (Å²) >= 11 is 0. The number of piperidine rings is 1. The lowest BCUT2D eigenvalue weighted by molar-refractivity contribution is -0.139. The van der Waals surface area contributed by atoms with Gasteiger partial charge in [-0.25, -0.2) is 9.18 Å². The summed E-state index contributed by atoms with van der Waals surface area (Å²) in [5.41, 5.74) is 0.486. The number of nitrogens with one attached hydrogen (secondary N) is 2. The Kier molecular flexibility index (Phi) is 7.37. The van der Waals surface area contributed by atoms with Gasteiger partial charge in [-0.1, -0.05) is 18.2 Å². The SMILES string of the molecule is CCOC(=O)N1CCC(NC(=O)C(=O)NCCc2ccccc2F)CC1. The third-order valence-electron chi connectivity index (χ3n) is 4.20. The zero-order chi connectivity index (χ0) is 18.9. The number of amides is 3. The van der Waals surface area contributed by atoms with Gasteiger partial charge in [-0.15, -0.1) is 0 Å². The smallest absolute Gasteiger partial charge is 0.409 e. The molecule has 2 N–H and O–H groups in total. The zero-order valence-corrected chi connectivity index (χ0v) is 14.8. The molecule has 3 amide bonds. The minimum absolute atomic E-state index is 0.162. The van der Waals surface area contributed by atoms with Gasteiger partial charge in [0.05, 0.1) is 6.61 Å². The van der Waals surface area contributed by atoms with Crippen molar-refractivity contribution < 1.29 is 23.5 Å². The molecular weight excluding hydrogens is 341 g/mol. The highest BCUT2D eigenvalue weighted by Crippen LogP contribution is 2.11. The first kappa shape index (κ1) is 19.7. The molecular formula is C18H24FN3O4. The van der Waals surface area contributed by atoms with Gasteiger partial charge in [0.1, 0.15) is 5.82 Å². The molecule has 0 unspecified atom stereocenters. The Hall–Kier alpha value is -2.64. The molecule has 0 aromatic heterocycles. The van der Waals surface area contributed by atoms with Gasteiger partial charge in [0.15, 0.2) is 0 Å². The minimum Gasteiger partial charge on any atom is -0.450 e. The van der Waals surface area contributed by atoms with Crippen LogP contribution in [0.4, 0.5) is 9.18 Å². The molecule has 0 spiro atoms. The van der Waals surface area contributed by atoms with Crippen molar-refractivity contribution in [1.29, 1.82) is 0 Å². The molecule has 0 atom stereocenters. The number of likely N-dealkylation sites (tertiary alicyclic amines) is 1. The molecule has 26 heavy (non-hydrogen) atoms. The van der Waals surface area contributed by atoms with Crippen LogP contribution in [0, 0.1) is 5.82 Å². The predicted octanol–water partition coefficient (Wildman–Crippen LogP) is 1.22. The molecule has 1 aliphatic rings. The first-order valence-electron chi connectivity index (χ1n) is 8.75. The molecule has 0 bridgehead atoms. The molecule has 1 aliphatic heterocycles. The second-order valence-electron chi connectivity index (χ2n) is 6.03. The van der Waals surface area contributed by atoms with Crippen molar-refractivity contribution in [3.05, 3.63) is 35.6 Å². The molecule has 1 heterocycles. The Labute approximate surface area is 151 Å². The second-order valence-corrected chi connectivity index (χ2v) is 6.03. The van der Waals surface area contributed by atoms with Gasteiger partial charge < -0.3 is 20.3 Å². The van der Waals surface area contributed by atoms with Crippen molar-refractivity contribution in [2.24, 2.45) is 0 Å². The van der Waals surface area contributed by atoms with E-state index in [2.05, 4.69) is 10.6 Å². The third-order valence-corrected chi connectivity index (χ3v) is 4.20. The van der Waals surface area contributed by atoms with E-state index in [1.807, 2.05) is 0 Å². The Morgan fingerprint density at radius 2 is 1.88 bits per heavy atom. The largest absolute Gasteiger partial charge is 0.450 e. The van der Waals surface area contributed by atoms with Gasteiger partial charge >= 0.3 is 17.9 Å². The highest BCUT2D eigenvalue weighted by Gasteiger charge is 2.26. The lowest BCUT2D eigenvalue weighted by Gasteiger charge is -2.31. The molecule has 1 saturated heterocycles. The fourth-order valence-electron chi connectivity index (χ4n) is 2.76. The Bertz CT molecular complexity index is 645. The van der Waals surface area contributed by atoms with Crippen LogP contribution in [0.1, 0.15) is 25.3 Å². The van der Waals surface area contributed by atoms with Crippen LogP contribution in [-0.4, -0.2) is 55.1 Å².